The highest BCUT2D eigenvalue weighted by Gasteiger charge is 2.14. The van der Waals surface area contributed by atoms with E-state index in [1.165, 1.54) is 0 Å². The molecule has 0 atom stereocenters. The monoisotopic (exact) mass is 247 g/mol. The zero-order valence-electron chi connectivity index (χ0n) is 9.55. The van der Waals surface area contributed by atoms with Gasteiger partial charge in [-0.1, -0.05) is 0 Å². The number of pyridine rings is 1. The largest absolute Gasteiger partial charge is 0.350 e. The lowest BCUT2D eigenvalue weighted by Gasteiger charge is -2.07. The number of nitrogens with one attached hydrogen (secondary N) is 1. The van der Waals surface area contributed by atoms with E-state index >= 15 is 0 Å². The van der Waals surface area contributed by atoms with E-state index in [4.69, 9.17) is 0 Å². The number of hydrogen-bond donors (Lipinski definition) is 1. The van der Waals surface area contributed by atoms with Gasteiger partial charge in [0.25, 0.3) is 5.69 Å². The smallest absolute Gasteiger partial charge is 0.292 e. The molecule has 0 aliphatic carbocycles. The average Bonchev–Trinajstić information content (AvgIpc) is 2.28. The van der Waals surface area contributed by atoms with Crippen LogP contribution >= 0.6 is 0 Å². The molecule has 0 amide bonds. The Morgan fingerprint density at radius 2 is 2.11 bits per heavy atom. The molecule has 0 spiro atoms. The summed E-state index contributed by atoms with van der Waals surface area (Å²) in [6.45, 7) is 1.80. The molecule has 0 radical (unpaired) electrons. The van der Waals surface area contributed by atoms with Gasteiger partial charge in [-0.25, -0.2) is 4.39 Å². The van der Waals surface area contributed by atoms with Gasteiger partial charge in [-0.2, -0.15) is 0 Å². The predicted octanol–water partition coefficient (Wildman–Crippen LogP) is 3.18. The molecular formula is C12H10FN3O2. The zero-order chi connectivity index (χ0) is 13.1. The first-order chi connectivity index (χ1) is 8.56. The lowest BCUT2D eigenvalue weighted by atomic mass is 10.2. The number of anilines is 2. The van der Waals surface area contributed by atoms with Crippen molar-refractivity contribution in [3.8, 4) is 0 Å². The fraction of sp³-hybridized carbons (Fsp3) is 0.0833. The molecule has 6 heteroatoms. The first kappa shape index (κ1) is 12.0. The minimum atomic E-state index is -0.560. The Morgan fingerprint density at radius 3 is 2.78 bits per heavy atom. The zero-order valence-corrected chi connectivity index (χ0v) is 9.55. The van der Waals surface area contributed by atoms with Gasteiger partial charge in [0, 0.05) is 29.7 Å². The lowest BCUT2D eigenvalue weighted by Crippen LogP contribution is -1.98. The molecule has 5 nitrogen and oxygen atoms in total. The molecule has 2 rings (SSSR count). The fourth-order valence-electron chi connectivity index (χ4n) is 1.55. The number of rotatable bonds is 3. The summed E-state index contributed by atoms with van der Waals surface area (Å²) in [5.41, 5.74) is 1.33. The highest BCUT2D eigenvalue weighted by molar-refractivity contribution is 5.69. The van der Waals surface area contributed by atoms with Crippen molar-refractivity contribution >= 4 is 17.1 Å². The van der Waals surface area contributed by atoms with Gasteiger partial charge in [-0.3, -0.25) is 15.1 Å². The van der Waals surface area contributed by atoms with Crippen molar-refractivity contribution < 1.29 is 9.31 Å². The SMILES string of the molecule is Cc1cc(Nc2cc(F)ccc2[N+](=O)[O-])ccn1. The van der Waals surface area contributed by atoms with Crippen LogP contribution in [0.1, 0.15) is 5.69 Å². The van der Waals surface area contributed by atoms with Crippen molar-refractivity contribution in [2.45, 2.75) is 6.92 Å². The Hall–Kier alpha value is -2.50. The van der Waals surface area contributed by atoms with Crippen LogP contribution in [0.25, 0.3) is 0 Å². The van der Waals surface area contributed by atoms with Crippen molar-refractivity contribution in [1.29, 1.82) is 0 Å². The average molecular weight is 247 g/mol. The summed E-state index contributed by atoms with van der Waals surface area (Å²) in [5.74, 6) is -0.533. The van der Waals surface area contributed by atoms with Crippen molar-refractivity contribution in [2.75, 3.05) is 5.32 Å². The van der Waals surface area contributed by atoms with Crippen LogP contribution in [-0.4, -0.2) is 9.91 Å². The topological polar surface area (TPSA) is 68.1 Å². The maximum absolute atomic E-state index is 13.1. The molecule has 1 aromatic carbocycles. The molecule has 1 aromatic heterocycles. The van der Waals surface area contributed by atoms with Gasteiger partial charge in [0.15, 0.2) is 0 Å². The fourth-order valence-corrected chi connectivity index (χ4v) is 1.55. The lowest BCUT2D eigenvalue weighted by molar-refractivity contribution is -0.384. The highest BCUT2D eigenvalue weighted by atomic mass is 19.1. The maximum atomic E-state index is 13.1. The van der Waals surface area contributed by atoms with Gasteiger partial charge in [-0.15, -0.1) is 0 Å². The van der Waals surface area contributed by atoms with Gasteiger partial charge >= 0.3 is 0 Å². The summed E-state index contributed by atoms with van der Waals surface area (Å²) in [6, 6.07) is 6.65. The van der Waals surface area contributed by atoms with E-state index in [9.17, 15) is 14.5 Å². The van der Waals surface area contributed by atoms with E-state index in [1.54, 1.807) is 25.3 Å². The summed E-state index contributed by atoms with van der Waals surface area (Å²) in [5, 5.41) is 13.6. The summed E-state index contributed by atoms with van der Waals surface area (Å²) in [7, 11) is 0. The van der Waals surface area contributed by atoms with Gasteiger partial charge in [0.1, 0.15) is 11.5 Å². The third-order valence-corrected chi connectivity index (χ3v) is 2.33. The Balaban J connectivity index is 2.39. The van der Waals surface area contributed by atoms with E-state index in [2.05, 4.69) is 10.3 Å². The molecule has 0 bridgehead atoms. The predicted molar refractivity (Wildman–Crippen MR) is 65.3 cm³/mol. The van der Waals surface area contributed by atoms with Crippen LogP contribution in [0.5, 0.6) is 0 Å². The minimum Gasteiger partial charge on any atom is -0.350 e. The number of nitro benzene ring substituents is 1. The molecule has 2 aromatic rings. The third-order valence-electron chi connectivity index (χ3n) is 2.33. The Labute approximate surface area is 102 Å². The second-order valence-electron chi connectivity index (χ2n) is 3.73. The van der Waals surface area contributed by atoms with Crippen molar-refractivity contribution in [3.63, 3.8) is 0 Å². The minimum absolute atomic E-state index is 0.116. The summed E-state index contributed by atoms with van der Waals surface area (Å²) >= 11 is 0. The van der Waals surface area contributed by atoms with Crippen LogP contribution < -0.4 is 5.32 Å². The molecule has 0 aliphatic rings. The van der Waals surface area contributed by atoms with Crippen molar-refractivity contribution in [2.24, 2.45) is 0 Å². The number of hydrogen-bond acceptors (Lipinski definition) is 4. The number of nitrogens with zero attached hydrogens (tertiary/aromatic N) is 2. The molecule has 18 heavy (non-hydrogen) atoms. The van der Waals surface area contributed by atoms with Crippen LogP contribution in [-0.2, 0) is 0 Å². The molecule has 0 unspecified atom stereocenters. The van der Waals surface area contributed by atoms with E-state index in [0.717, 1.165) is 23.9 Å². The van der Waals surface area contributed by atoms with Crippen LogP contribution in [0, 0.1) is 22.9 Å². The molecular weight excluding hydrogens is 237 g/mol. The first-order valence-corrected chi connectivity index (χ1v) is 5.20. The van der Waals surface area contributed by atoms with E-state index in [-0.39, 0.29) is 11.4 Å². The summed E-state index contributed by atoms with van der Waals surface area (Å²) in [6.07, 6.45) is 1.57. The third kappa shape index (κ3) is 2.60. The molecule has 0 fully saturated rings. The van der Waals surface area contributed by atoms with Gasteiger partial charge in [0.05, 0.1) is 4.92 Å². The van der Waals surface area contributed by atoms with Crippen LogP contribution in [0.15, 0.2) is 36.5 Å². The second kappa shape index (κ2) is 4.79. The second-order valence-corrected chi connectivity index (χ2v) is 3.73. The molecule has 0 saturated heterocycles. The summed E-state index contributed by atoms with van der Waals surface area (Å²) in [4.78, 5) is 14.3. The van der Waals surface area contributed by atoms with Gasteiger partial charge in [-0.05, 0) is 25.1 Å². The van der Waals surface area contributed by atoms with Crippen LogP contribution in [0.3, 0.4) is 0 Å². The molecule has 0 aliphatic heterocycles. The highest BCUT2D eigenvalue weighted by Crippen LogP contribution is 2.28. The standard InChI is InChI=1S/C12H10FN3O2/c1-8-6-10(4-5-14-8)15-11-7-9(13)2-3-12(11)16(17)18/h2-7H,1H3,(H,14,15). The molecule has 1 heterocycles. The number of benzene rings is 1. The van der Waals surface area contributed by atoms with E-state index < -0.39 is 10.7 Å². The quantitative estimate of drug-likeness (QED) is 0.668. The molecule has 1 N–H and O–H groups in total. The number of halogens is 1. The van der Waals surface area contributed by atoms with E-state index in [0.29, 0.717) is 5.69 Å². The number of aryl methyl sites for hydroxylation is 1. The van der Waals surface area contributed by atoms with E-state index in [1.807, 2.05) is 0 Å². The Kier molecular flexibility index (Phi) is 3.18. The Morgan fingerprint density at radius 1 is 1.33 bits per heavy atom. The summed E-state index contributed by atoms with van der Waals surface area (Å²) < 4.78 is 13.1. The van der Waals surface area contributed by atoms with Gasteiger partial charge in [0.2, 0.25) is 0 Å². The van der Waals surface area contributed by atoms with Crippen molar-refractivity contribution in [1.82, 2.24) is 4.98 Å². The van der Waals surface area contributed by atoms with Crippen molar-refractivity contribution in [3.05, 3.63) is 58.2 Å². The number of nitro groups is 1. The molecule has 0 saturated carbocycles. The maximum Gasteiger partial charge on any atom is 0.292 e. The molecule has 92 valence electrons. The van der Waals surface area contributed by atoms with Crippen LogP contribution in [0.2, 0.25) is 0 Å². The van der Waals surface area contributed by atoms with Crippen LogP contribution in [0.4, 0.5) is 21.5 Å². The van der Waals surface area contributed by atoms with Gasteiger partial charge < -0.3 is 5.32 Å². The first-order valence-electron chi connectivity index (χ1n) is 5.20. The Bertz CT molecular complexity index is 602. The number of aromatic nitrogens is 1. The normalized spacial score (nSPS) is 10.1.